The maximum atomic E-state index is 7.20. The molecule has 0 heterocycles. The molecule has 0 bridgehead atoms. The first kappa shape index (κ1) is 6.02. The molecule has 1 radical (unpaired) electrons. The molecular formula is C8H8N. The van der Waals surface area contributed by atoms with Crippen molar-refractivity contribution in [3.05, 3.63) is 35.9 Å². The lowest BCUT2D eigenvalue weighted by molar-refractivity contribution is 1.45. The Morgan fingerprint density at radius 2 is 2.33 bits per heavy atom. The van der Waals surface area contributed by atoms with Crippen LogP contribution in [-0.2, 0) is 0 Å². The Bertz CT molecular complexity index is 201. The van der Waals surface area contributed by atoms with Gasteiger partial charge in [-0.1, -0.05) is 24.3 Å². The van der Waals surface area contributed by atoms with Gasteiger partial charge >= 0.3 is 0 Å². The predicted octanol–water partition coefficient (Wildman–Crippen LogP) is 1.87. The largest absolute Gasteiger partial charge is 0.305 e. The number of benzene rings is 1. The van der Waals surface area contributed by atoms with Crippen molar-refractivity contribution in [2.45, 2.75) is 6.92 Å². The summed E-state index contributed by atoms with van der Waals surface area (Å²) in [6, 6.07) is 10.4. The summed E-state index contributed by atoms with van der Waals surface area (Å²) in [5, 5.41) is 7.20. The third-order valence-corrected chi connectivity index (χ3v) is 1.11. The lowest BCUT2D eigenvalue weighted by Crippen LogP contribution is -1.89. The van der Waals surface area contributed by atoms with E-state index in [2.05, 4.69) is 6.07 Å². The van der Waals surface area contributed by atoms with Gasteiger partial charge < -0.3 is 5.41 Å². The SMILES string of the molecule is CC(=N)c1[c]cccc1. The van der Waals surface area contributed by atoms with Crippen molar-refractivity contribution in [3.63, 3.8) is 0 Å². The van der Waals surface area contributed by atoms with E-state index in [4.69, 9.17) is 5.41 Å². The van der Waals surface area contributed by atoms with E-state index in [1.54, 1.807) is 6.92 Å². The van der Waals surface area contributed by atoms with Crippen LogP contribution in [0, 0.1) is 11.5 Å². The minimum Gasteiger partial charge on any atom is -0.305 e. The maximum Gasteiger partial charge on any atom is 0.0361 e. The first-order valence-corrected chi connectivity index (χ1v) is 2.83. The summed E-state index contributed by atoms with van der Waals surface area (Å²) in [4.78, 5) is 0. The Morgan fingerprint density at radius 3 is 2.67 bits per heavy atom. The van der Waals surface area contributed by atoms with Gasteiger partial charge in [0.15, 0.2) is 0 Å². The minimum atomic E-state index is 0.565. The van der Waals surface area contributed by atoms with Crippen LogP contribution in [0.2, 0.25) is 0 Å². The van der Waals surface area contributed by atoms with Crippen molar-refractivity contribution in [1.29, 1.82) is 5.41 Å². The molecule has 0 aliphatic carbocycles. The molecule has 0 fully saturated rings. The zero-order valence-electron chi connectivity index (χ0n) is 5.31. The van der Waals surface area contributed by atoms with Crippen LogP contribution in [0.4, 0.5) is 0 Å². The van der Waals surface area contributed by atoms with Gasteiger partial charge in [-0.05, 0) is 13.0 Å². The number of rotatable bonds is 1. The zero-order chi connectivity index (χ0) is 6.69. The highest BCUT2D eigenvalue weighted by molar-refractivity contribution is 5.95. The highest BCUT2D eigenvalue weighted by Crippen LogP contribution is 1.96. The Labute approximate surface area is 54.8 Å². The molecule has 0 aliphatic rings. The first-order valence-electron chi connectivity index (χ1n) is 2.83. The average molecular weight is 118 g/mol. The topological polar surface area (TPSA) is 23.9 Å². The van der Waals surface area contributed by atoms with Gasteiger partial charge in [-0.3, -0.25) is 0 Å². The van der Waals surface area contributed by atoms with E-state index in [0.717, 1.165) is 5.56 Å². The van der Waals surface area contributed by atoms with Crippen molar-refractivity contribution in [1.82, 2.24) is 0 Å². The Kier molecular flexibility index (Phi) is 1.63. The normalized spacial score (nSPS) is 9.00. The molecule has 0 atom stereocenters. The van der Waals surface area contributed by atoms with Crippen LogP contribution in [0.1, 0.15) is 12.5 Å². The number of hydrogen-bond acceptors (Lipinski definition) is 1. The summed E-state index contributed by atoms with van der Waals surface area (Å²) in [7, 11) is 0. The first-order chi connectivity index (χ1) is 4.30. The molecular weight excluding hydrogens is 110 g/mol. The van der Waals surface area contributed by atoms with Gasteiger partial charge in [0, 0.05) is 11.3 Å². The van der Waals surface area contributed by atoms with E-state index in [9.17, 15) is 0 Å². The van der Waals surface area contributed by atoms with Crippen molar-refractivity contribution in [3.8, 4) is 0 Å². The van der Waals surface area contributed by atoms with Crippen LogP contribution < -0.4 is 0 Å². The number of nitrogens with one attached hydrogen (secondary N) is 1. The molecule has 9 heavy (non-hydrogen) atoms. The molecule has 45 valence electrons. The Balaban J connectivity index is 2.98. The molecule has 1 rings (SSSR count). The monoisotopic (exact) mass is 118 g/mol. The smallest absolute Gasteiger partial charge is 0.0361 e. The van der Waals surface area contributed by atoms with Gasteiger partial charge in [-0.2, -0.15) is 0 Å². The minimum absolute atomic E-state index is 0.565. The Morgan fingerprint density at radius 1 is 1.56 bits per heavy atom. The second kappa shape index (κ2) is 2.44. The lowest BCUT2D eigenvalue weighted by atomic mass is 10.1. The summed E-state index contributed by atoms with van der Waals surface area (Å²) in [6.07, 6.45) is 0. The van der Waals surface area contributed by atoms with E-state index < -0.39 is 0 Å². The van der Waals surface area contributed by atoms with Crippen LogP contribution in [0.25, 0.3) is 0 Å². The lowest BCUT2D eigenvalue weighted by Gasteiger charge is -1.92. The summed E-state index contributed by atoms with van der Waals surface area (Å²) in [6.45, 7) is 1.76. The van der Waals surface area contributed by atoms with Crippen molar-refractivity contribution in [2.24, 2.45) is 0 Å². The summed E-state index contributed by atoms with van der Waals surface area (Å²) < 4.78 is 0. The molecule has 0 saturated carbocycles. The van der Waals surface area contributed by atoms with Crippen LogP contribution in [0.3, 0.4) is 0 Å². The standard InChI is InChI=1S/C8H8N/c1-7(9)8-5-3-2-4-6-8/h2-5,9H,1H3. The van der Waals surface area contributed by atoms with Gasteiger partial charge in [0.2, 0.25) is 0 Å². The summed E-state index contributed by atoms with van der Waals surface area (Å²) >= 11 is 0. The van der Waals surface area contributed by atoms with E-state index in [-0.39, 0.29) is 0 Å². The molecule has 0 aliphatic heterocycles. The van der Waals surface area contributed by atoms with E-state index >= 15 is 0 Å². The molecule has 0 amide bonds. The highest BCUT2D eigenvalue weighted by Gasteiger charge is 1.89. The van der Waals surface area contributed by atoms with Gasteiger partial charge in [0.25, 0.3) is 0 Å². The van der Waals surface area contributed by atoms with E-state index in [1.165, 1.54) is 0 Å². The summed E-state index contributed by atoms with van der Waals surface area (Å²) in [5.74, 6) is 0. The van der Waals surface area contributed by atoms with Gasteiger partial charge in [-0.15, -0.1) is 0 Å². The fourth-order valence-electron chi connectivity index (χ4n) is 0.627. The molecule has 1 aromatic carbocycles. The van der Waals surface area contributed by atoms with Crippen LogP contribution in [-0.4, -0.2) is 5.71 Å². The quantitative estimate of drug-likeness (QED) is 0.544. The Hall–Kier alpha value is -1.11. The highest BCUT2D eigenvalue weighted by atomic mass is 14.4. The maximum absolute atomic E-state index is 7.20. The second-order valence-electron chi connectivity index (χ2n) is 1.90. The molecule has 1 aromatic rings. The third-order valence-electron chi connectivity index (χ3n) is 1.11. The van der Waals surface area contributed by atoms with Gasteiger partial charge in [0.05, 0.1) is 0 Å². The summed E-state index contributed by atoms with van der Waals surface area (Å²) in [5.41, 5.74) is 1.44. The molecule has 1 nitrogen and oxygen atoms in total. The predicted molar refractivity (Wildman–Crippen MR) is 37.8 cm³/mol. The van der Waals surface area contributed by atoms with Crippen LogP contribution in [0.15, 0.2) is 24.3 Å². The molecule has 0 saturated heterocycles. The van der Waals surface area contributed by atoms with E-state index in [1.807, 2.05) is 24.3 Å². The second-order valence-corrected chi connectivity index (χ2v) is 1.90. The number of hydrogen-bond donors (Lipinski definition) is 1. The molecule has 0 unspecified atom stereocenters. The van der Waals surface area contributed by atoms with Crippen molar-refractivity contribution in [2.75, 3.05) is 0 Å². The molecule has 0 spiro atoms. The fraction of sp³-hybridized carbons (Fsp3) is 0.125. The van der Waals surface area contributed by atoms with Gasteiger partial charge in [0.1, 0.15) is 0 Å². The molecule has 0 aromatic heterocycles. The van der Waals surface area contributed by atoms with E-state index in [0.29, 0.717) is 5.71 Å². The van der Waals surface area contributed by atoms with Crippen LogP contribution >= 0.6 is 0 Å². The van der Waals surface area contributed by atoms with Crippen molar-refractivity contribution < 1.29 is 0 Å². The fourth-order valence-corrected chi connectivity index (χ4v) is 0.627. The van der Waals surface area contributed by atoms with Crippen LogP contribution in [0.5, 0.6) is 0 Å². The zero-order valence-corrected chi connectivity index (χ0v) is 5.31. The molecule has 1 N–H and O–H groups in total. The van der Waals surface area contributed by atoms with Gasteiger partial charge in [-0.25, -0.2) is 0 Å². The average Bonchev–Trinajstić information content (AvgIpc) is 1.90. The molecule has 1 heteroatoms. The third kappa shape index (κ3) is 1.39. The van der Waals surface area contributed by atoms with Crippen molar-refractivity contribution >= 4 is 5.71 Å².